The third-order valence-electron chi connectivity index (χ3n) is 2.31. The van der Waals surface area contributed by atoms with Gasteiger partial charge in [-0.1, -0.05) is 13.0 Å². The monoisotopic (exact) mass is 226 g/mol. The van der Waals surface area contributed by atoms with Crippen molar-refractivity contribution in [2.45, 2.75) is 26.1 Å². The van der Waals surface area contributed by atoms with Crippen LogP contribution < -0.4 is 9.47 Å². The molecule has 0 fully saturated rings. The molecular weight excluding hydrogens is 208 g/mol. The maximum absolute atomic E-state index is 9.38. The summed E-state index contributed by atoms with van der Waals surface area (Å²) in [4.78, 5) is 0. The van der Waals surface area contributed by atoms with E-state index in [2.05, 4.69) is 0 Å². The fourth-order valence-electron chi connectivity index (χ4n) is 1.23. The normalized spacial score (nSPS) is 12.2. The molecule has 0 aromatic heterocycles. The third kappa shape index (κ3) is 3.40. The standard InChI is InChI=1S/C12H18O4/c1-3-10(14)8-16-11-5-4-9(7-13)6-12(11)15-2/h4-6,10,13-14H,3,7-8H2,1-2H3. The van der Waals surface area contributed by atoms with E-state index in [0.29, 0.717) is 17.9 Å². The van der Waals surface area contributed by atoms with E-state index < -0.39 is 6.10 Å². The second-order valence-corrected chi connectivity index (χ2v) is 3.52. The zero-order valence-corrected chi connectivity index (χ0v) is 9.64. The average molecular weight is 226 g/mol. The highest BCUT2D eigenvalue weighted by molar-refractivity contribution is 5.42. The van der Waals surface area contributed by atoms with Gasteiger partial charge in [0, 0.05) is 0 Å². The van der Waals surface area contributed by atoms with Crippen LogP contribution in [0.5, 0.6) is 11.5 Å². The third-order valence-corrected chi connectivity index (χ3v) is 2.31. The highest BCUT2D eigenvalue weighted by Gasteiger charge is 2.07. The number of hydrogen-bond donors (Lipinski definition) is 2. The lowest BCUT2D eigenvalue weighted by Gasteiger charge is -2.13. The van der Waals surface area contributed by atoms with Gasteiger partial charge >= 0.3 is 0 Å². The van der Waals surface area contributed by atoms with Crippen LogP contribution in [0.4, 0.5) is 0 Å². The molecule has 0 aliphatic heterocycles. The van der Waals surface area contributed by atoms with Crippen LogP contribution in [-0.2, 0) is 6.61 Å². The Labute approximate surface area is 95.4 Å². The first-order valence-corrected chi connectivity index (χ1v) is 5.29. The Morgan fingerprint density at radius 2 is 2.06 bits per heavy atom. The molecule has 0 spiro atoms. The highest BCUT2D eigenvalue weighted by atomic mass is 16.5. The van der Waals surface area contributed by atoms with Crippen LogP contribution in [0.3, 0.4) is 0 Å². The first kappa shape index (κ1) is 12.8. The second-order valence-electron chi connectivity index (χ2n) is 3.52. The van der Waals surface area contributed by atoms with Crippen LogP contribution >= 0.6 is 0 Å². The molecular formula is C12H18O4. The van der Waals surface area contributed by atoms with Gasteiger partial charge in [0.1, 0.15) is 6.61 Å². The summed E-state index contributed by atoms with van der Waals surface area (Å²) < 4.78 is 10.6. The van der Waals surface area contributed by atoms with Gasteiger partial charge in [-0.2, -0.15) is 0 Å². The van der Waals surface area contributed by atoms with Crippen molar-refractivity contribution in [1.82, 2.24) is 0 Å². The molecule has 2 N–H and O–H groups in total. The summed E-state index contributed by atoms with van der Waals surface area (Å²) >= 11 is 0. The van der Waals surface area contributed by atoms with Gasteiger partial charge in [0.25, 0.3) is 0 Å². The zero-order chi connectivity index (χ0) is 12.0. The second kappa shape index (κ2) is 6.35. The molecule has 0 radical (unpaired) electrons. The number of aliphatic hydroxyl groups is 2. The van der Waals surface area contributed by atoms with Crippen molar-refractivity contribution in [3.8, 4) is 11.5 Å². The summed E-state index contributed by atoms with van der Waals surface area (Å²) in [5.41, 5.74) is 0.764. The molecule has 0 bridgehead atoms. The van der Waals surface area contributed by atoms with Gasteiger partial charge < -0.3 is 19.7 Å². The van der Waals surface area contributed by atoms with Gasteiger partial charge in [0.15, 0.2) is 11.5 Å². The fraction of sp³-hybridized carbons (Fsp3) is 0.500. The van der Waals surface area contributed by atoms with E-state index >= 15 is 0 Å². The number of ether oxygens (including phenoxy) is 2. The summed E-state index contributed by atoms with van der Waals surface area (Å²) in [5, 5.41) is 18.3. The fourth-order valence-corrected chi connectivity index (χ4v) is 1.23. The molecule has 0 heterocycles. The molecule has 16 heavy (non-hydrogen) atoms. The number of rotatable bonds is 6. The number of hydrogen-bond acceptors (Lipinski definition) is 4. The van der Waals surface area contributed by atoms with Crippen LogP contribution in [0.1, 0.15) is 18.9 Å². The van der Waals surface area contributed by atoms with Gasteiger partial charge in [-0.25, -0.2) is 0 Å². The lowest BCUT2D eigenvalue weighted by Crippen LogP contribution is -2.16. The molecule has 90 valence electrons. The quantitative estimate of drug-likeness (QED) is 0.768. The van der Waals surface area contributed by atoms with Crippen molar-refractivity contribution in [3.05, 3.63) is 23.8 Å². The van der Waals surface area contributed by atoms with Crippen molar-refractivity contribution in [2.24, 2.45) is 0 Å². The molecule has 1 atom stereocenters. The van der Waals surface area contributed by atoms with Crippen LogP contribution in [0.25, 0.3) is 0 Å². The molecule has 0 aliphatic carbocycles. The van der Waals surface area contributed by atoms with Crippen LogP contribution in [0.2, 0.25) is 0 Å². The van der Waals surface area contributed by atoms with Crippen molar-refractivity contribution in [3.63, 3.8) is 0 Å². The summed E-state index contributed by atoms with van der Waals surface area (Å²) in [6, 6.07) is 5.20. The molecule has 1 aromatic carbocycles. The summed E-state index contributed by atoms with van der Waals surface area (Å²) in [6.07, 6.45) is 0.180. The Kier molecular flexibility index (Phi) is 5.08. The molecule has 4 nitrogen and oxygen atoms in total. The number of benzene rings is 1. The maximum atomic E-state index is 9.38. The topological polar surface area (TPSA) is 58.9 Å². The molecule has 0 saturated carbocycles. The average Bonchev–Trinajstić information content (AvgIpc) is 2.35. The maximum Gasteiger partial charge on any atom is 0.161 e. The van der Waals surface area contributed by atoms with Crippen molar-refractivity contribution >= 4 is 0 Å². The van der Waals surface area contributed by atoms with Crippen LogP contribution in [-0.4, -0.2) is 30.0 Å². The minimum atomic E-state index is -0.470. The first-order chi connectivity index (χ1) is 7.71. The minimum Gasteiger partial charge on any atom is -0.493 e. The van der Waals surface area contributed by atoms with Gasteiger partial charge in [0.2, 0.25) is 0 Å². The number of aliphatic hydroxyl groups excluding tert-OH is 2. The minimum absolute atomic E-state index is 0.0335. The SMILES string of the molecule is CCC(O)COc1ccc(CO)cc1OC. The van der Waals surface area contributed by atoms with E-state index in [0.717, 1.165) is 5.56 Å². The van der Waals surface area contributed by atoms with Crippen LogP contribution in [0, 0.1) is 0 Å². The van der Waals surface area contributed by atoms with Gasteiger partial charge in [-0.05, 0) is 24.1 Å². The molecule has 0 saturated heterocycles. The summed E-state index contributed by atoms with van der Waals surface area (Å²) in [7, 11) is 1.54. The zero-order valence-electron chi connectivity index (χ0n) is 9.64. The molecule has 1 rings (SSSR count). The number of methoxy groups -OCH3 is 1. The lowest BCUT2D eigenvalue weighted by atomic mass is 10.2. The van der Waals surface area contributed by atoms with E-state index in [9.17, 15) is 5.11 Å². The van der Waals surface area contributed by atoms with Crippen molar-refractivity contribution < 1.29 is 19.7 Å². The molecule has 1 aromatic rings. The molecule has 1 unspecified atom stereocenters. The Balaban J connectivity index is 2.71. The van der Waals surface area contributed by atoms with E-state index in [1.54, 1.807) is 25.3 Å². The Hall–Kier alpha value is -1.26. The smallest absolute Gasteiger partial charge is 0.161 e. The first-order valence-electron chi connectivity index (χ1n) is 5.29. The van der Waals surface area contributed by atoms with Gasteiger partial charge in [-0.3, -0.25) is 0 Å². The van der Waals surface area contributed by atoms with E-state index in [1.807, 2.05) is 6.92 Å². The Morgan fingerprint density at radius 3 is 2.62 bits per heavy atom. The molecule has 4 heteroatoms. The summed E-state index contributed by atoms with van der Waals surface area (Å²) in [5.74, 6) is 1.14. The highest BCUT2D eigenvalue weighted by Crippen LogP contribution is 2.28. The van der Waals surface area contributed by atoms with Gasteiger partial charge in [-0.15, -0.1) is 0 Å². The lowest BCUT2D eigenvalue weighted by molar-refractivity contribution is 0.102. The predicted molar refractivity (Wildman–Crippen MR) is 60.7 cm³/mol. The summed E-state index contributed by atoms with van der Waals surface area (Å²) in [6.45, 7) is 2.10. The van der Waals surface area contributed by atoms with Gasteiger partial charge in [0.05, 0.1) is 19.8 Å². The van der Waals surface area contributed by atoms with E-state index in [1.165, 1.54) is 0 Å². The molecule has 0 aliphatic rings. The van der Waals surface area contributed by atoms with Crippen molar-refractivity contribution in [2.75, 3.05) is 13.7 Å². The van der Waals surface area contributed by atoms with E-state index in [4.69, 9.17) is 14.6 Å². The molecule has 0 amide bonds. The van der Waals surface area contributed by atoms with Crippen LogP contribution in [0.15, 0.2) is 18.2 Å². The van der Waals surface area contributed by atoms with Crippen molar-refractivity contribution in [1.29, 1.82) is 0 Å². The Morgan fingerprint density at radius 1 is 1.31 bits per heavy atom. The largest absolute Gasteiger partial charge is 0.493 e. The Bertz CT molecular complexity index is 325. The van der Waals surface area contributed by atoms with E-state index in [-0.39, 0.29) is 13.2 Å². The predicted octanol–water partition coefficient (Wildman–Crippen LogP) is 1.34.